The van der Waals surface area contributed by atoms with Gasteiger partial charge in [0.05, 0.1) is 6.20 Å². The Labute approximate surface area is 186 Å². The summed E-state index contributed by atoms with van der Waals surface area (Å²) in [5.74, 6) is 0.833. The summed E-state index contributed by atoms with van der Waals surface area (Å²) < 4.78 is 4.33. The third kappa shape index (κ3) is 222. The van der Waals surface area contributed by atoms with Gasteiger partial charge in [0.15, 0.2) is 0 Å². The topological polar surface area (TPSA) is 54.7 Å². The van der Waals surface area contributed by atoms with Crippen LogP contribution in [0.1, 0.15) is 118 Å². The smallest absolute Gasteiger partial charge is 0.123 e. The Bertz CT molecular complexity index is 254. The maximum atomic E-state index is 4.33. The molecule has 4 heteroatoms. The van der Waals surface area contributed by atoms with Crippen molar-refractivity contribution < 1.29 is 4.52 Å². The lowest BCUT2D eigenvalue weighted by Crippen LogP contribution is -1.93. The molecule has 1 N–H and O–H groups in total. The molecule has 29 heavy (non-hydrogen) atoms. The molecule has 0 spiro atoms. The quantitative estimate of drug-likeness (QED) is 0.464. The predicted molar refractivity (Wildman–Crippen MR) is 137 cm³/mol. The minimum absolute atomic E-state index is 0.500. The number of nitrogens with zero attached hydrogens (tertiary/aromatic N) is 2. The third-order valence-electron chi connectivity index (χ3n) is 0.753. The average Bonchev–Trinajstić information content (AvgIpc) is 3.46. The van der Waals surface area contributed by atoms with E-state index >= 15 is 0 Å². The van der Waals surface area contributed by atoms with E-state index in [1.54, 1.807) is 24.7 Å². The monoisotopic (exact) mass is 417 g/mol. The number of aromatic amines is 1. The van der Waals surface area contributed by atoms with Crippen LogP contribution in [0.5, 0.6) is 0 Å². The molecular weight excluding hydrogens is 358 g/mol. The molecule has 2 aromatic rings. The van der Waals surface area contributed by atoms with Crippen LogP contribution in [-0.2, 0) is 0 Å². The third-order valence-corrected chi connectivity index (χ3v) is 0.753. The number of hydrogen-bond donors (Lipinski definition) is 1. The molecule has 0 saturated carbocycles. The number of hydrogen-bond acceptors (Lipinski definition) is 3. The Kier molecular flexibility index (Phi) is 89.0. The molecule has 0 aliphatic heterocycles. The van der Waals surface area contributed by atoms with E-state index in [2.05, 4.69) is 68.3 Å². The van der Waals surface area contributed by atoms with Crippen molar-refractivity contribution >= 4 is 0 Å². The zero-order valence-corrected chi connectivity index (χ0v) is 23.3. The van der Waals surface area contributed by atoms with E-state index in [1.807, 2.05) is 75.3 Å². The highest BCUT2D eigenvalue weighted by molar-refractivity contribution is 4.72. The molecule has 0 aliphatic rings. The number of H-pyrrole nitrogens is 1. The largest absolute Gasteiger partial charge is 0.365 e. The molecule has 180 valence electrons. The van der Waals surface area contributed by atoms with Crippen LogP contribution < -0.4 is 0 Å². The zero-order chi connectivity index (χ0) is 25.1. The molecular formula is C25H59N3O. The maximum absolute atomic E-state index is 4.33. The molecule has 0 atom stereocenters. The van der Waals surface area contributed by atoms with Crippen LogP contribution in [0, 0.1) is 11.3 Å². The first-order chi connectivity index (χ1) is 13.7. The van der Waals surface area contributed by atoms with Gasteiger partial charge in [0.25, 0.3) is 0 Å². The second-order valence-corrected chi connectivity index (χ2v) is 6.19. The van der Waals surface area contributed by atoms with Gasteiger partial charge in [0.2, 0.25) is 0 Å². The van der Waals surface area contributed by atoms with Crippen molar-refractivity contribution in [1.82, 2.24) is 15.4 Å². The van der Waals surface area contributed by atoms with E-state index in [4.69, 9.17) is 0 Å². The molecule has 2 heterocycles. The van der Waals surface area contributed by atoms with Crippen LogP contribution in [0.15, 0.2) is 41.5 Å². The lowest BCUT2D eigenvalue weighted by molar-refractivity contribution is 0.420. The summed E-state index contributed by atoms with van der Waals surface area (Å²) >= 11 is 0. The van der Waals surface area contributed by atoms with Gasteiger partial charge in [0, 0.05) is 12.4 Å². The van der Waals surface area contributed by atoms with Gasteiger partial charge in [-0.1, -0.05) is 123 Å². The van der Waals surface area contributed by atoms with Gasteiger partial charge in [-0.15, -0.1) is 0 Å². The molecule has 2 rings (SSSR count). The first kappa shape index (κ1) is 45.9. The van der Waals surface area contributed by atoms with Gasteiger partial charge >= 0.3 is 0 Å². The minimum atomic E-state index is 0.500. The standard InChI is InChI=1S/C5H12.C4H10.C3H4N2.C3H3NO.5C2H6/c1-5(2,3)4;1-4(2)3;2*1-2-4-5-3-1;5*1-2/h1-4H3;4H,1-3H3;1-3H,(H,4,5);1-3H;5*1-2H3. The van der Waals surface area contributed by atoms with Crippen molar-refractivity contribution in [3.05, 3.63) is 37.0 Å². The summed E-state index contributed by atoms with van der Waals surface area (Å²) in [6, 6.07) is 3.56. The Morgan fingerprint density at radius 2 is 1.03 bits per heavy atom. The van der Waals surface area contributed by atoms with Crippen molar-refractivity contribution in [1.29, 1.82) is 0 Å². The van der Waals surface area contributed by atoms with E-state index < -0.39 is 0 Å². The number of rotatable bonds is 0. The first-order valence-electron chi connectivity index (χ1n) is 11.5. The van der Waals surface area contributed by atoms with Crippen molar-refractivity contribution in [2.24, 2.45) is 11.3 Å². The molecule has 0 radical (unpaired) electrons. The van der Waals surface area contributed by atoms with Gasteiger partial charge in [-0.3, -0.25) is 5.10 Å². The Hall–Kier alpha value is -1.58. The van der Waals surface area contributed by atoms with Crippen LogP contribution in [-0.4, -0.2) is 15.4 Å². The summed E-state index contributed by atoms with van der Waals surface area (Å²) in [5.41, 5.74) is 0.500. The highest BCUT2D eigenvalue weighted by atomic mass is 16.5. The SMILES string of the molecule is CC.CC.CC.CC.CC.CC(C)(C)C.CC(C)C.c1cn[nH]c1.c1cnoc1. The second-order valence-electron chi connectivity index (χ2n) is 6.19. The van der Waals surface area contributed by atoms with Crippen LogP contribution in [0.2, 0.25) is 0 Å². The number of aromatic nitrogens is 3. The fourth-order valence-corrected chi connectivity index (χ4v) is 0.391. The Morgan fingerprint density at radius 1 is 0.690 bits per heavy atom. The lowest BCUT2D eigenvalue weighted by atomic mass is 10.0. The molecule has 0 fully saturated rings. The Morgan fingerprint density at radius 3 is 1.10 bits per heavy atom. The maximum Gasteiger partial charge on any atom is 0.123 e. The molecule has 0 aliphatic carbocycles. The van der Waals surface area contributed by atoms with Gasteiger partial charge in [-0.2, -0.15) is 5.10 Å². The molecule has 2 aromatic heterocycles. The van der Waals surface area contributed by atoms with Crippen molar-refractivity contribution in [2.75, 3.05) is 0 Å². The Balaban J connectivity index is -0.0000000391. The van der Waals surface area contributed by atoms with Gasteiger partial charge in [-0.05, 0) is 23.5 Å². The summed E-state index contributed by atoms with van der Waals surface area (Å²) in [6.45, 7) is 35.2. The predicted octanol–water partition coefficient (Wildman–Crippen LogP) is 9.93. The van der Waals surface area contributed by atoms with E-state index in [9.17, 15) is 0 Å². The molecule has 0 unspecified atom stereocenters. The van der Waals surface area contributed by atoms with Gasteiger partial charge < -0.3 is 4.52 Å². The van der Waals surface area contributed by atoms with Gasteiger partial charge in [-0.25, -0.2) is 0 Å². The molecule has 0 amide bonds. The van der Waals surface area contributed by atoms with Crippen LogP contribution in [0.25, 0.3) is 0 Å². The molecule has 0 saturated heterocycles. The van der Waals surface area contributed by atoms with Crippen LogP contribution in [0.4, 0.5) is 0 Å². The van der Waals surface area contributed by atoms with Crippen molar-refractivity contribution in [2.45, 2.75) is 118 Å². The van der Waals surface area contributed by atoms with Gasteiger partial charge in [0.1, 0.15) is 6.26 Å². The second kappa shape index (κ2) is 56.3. The highest BCUT2D eigenvalue weighted by Gasteiger charge is 1.95. The summed E-state index contributed by atoms with van der Waals surface area (Å²) in [7, 11) is 0. The highest BCUT2D eigenvalue weighted by Crippen LogP contribution is 2.08. The summed E-state index contributed by atoms with van der Waals surface area (Å²) in [6.07, 6.45) is 6.56. The summed E-state index contributed by atoms with van der Waals surface area (Å²) in [5, 5.41) is 9.56. The first-order valence-corrected chi connectivity index (χ1v) is 11.5. The molecule has 0 bridgehead atoms. The van der Waals surface area contributed by atoms with Crippen molar-refractivity contribution in [3.63, 3.8) is 0 Å². The lowest BCUT2D eigenvalue weighted by Gasteiger charge is -2.05. The van der Waals surface area contributed by atoms with E-state index in [-0.39, 0.29) is 0 Å². The van der Waals surface area contributed by atoms with E-state index in [0.29, 0.717) is 5.41 Å². The van der Waals surface area contributed by atoms with E-state index in [1.165, 1.54) is 6.26 Å². The van der Waals surface area contributed by atoms with E-state index in [0.717, 1.165) is 5.92 Å². The molecule has 0 aromatic carbocycles. The zero-order valence-electron chi connectivity index (χ0n) is 23.3. The van der Waals surface area contributed by atoms with Crippen LogP contribution >= 0.6 is 0 Å². The van der Waals surface area contributed by atoms with Crippen LogP contribution in [0.3, 0.4) is 0 Å². The minimum Gasteiger partial charge on any atom is -0.365 e. The summed E-state index contributed by atoms with van der Waals surface area (Å²) in [4.78, 5) is 0. The number of nitrogens with one attached hydrogen (secondary N) is 1. The normalized spacial score (nSPS) is 7.10. The fraction of sp³-hybridized carbons (Fsp3) is 0.760. The van der Waals surface area contributed by atoms with Crippen molar-refractivity contribution in [3.8, 4) is 0 Å². The fourth-order valence-electron chi connectivity index (χ4n) is 0.391. The molecule has 4 nitrogen and oxygen atoms in total. The average molecular weight is 418 g/mol.